The second-order valence-electron chi connectivity index (χ2n) is 2.51. The topological polar surface area (TPSA) is 130 Å². The molecule has 2 N–H and O–H groups in total. The lowest BCUT2D eigenvalue weighted by Crippen LogP contribution is -1.99. The van der Waals surface area contributed by atoms with E-state index in [1.54, 1.807) is 0 Å². The first-order valence-corrected chi connectivity index (χ1v) is 3.55. The SMILES string of the molecule is O=Nc1cc([N+](=O)[O-])cc(C(=O)O)c1O. The second-order valence-corrected chi connectivity index (χ2v) is 2.51. The average Bonchev–Trinajstić information content (AvgIpc) is 2.17. The first-order chi connectivity index (χ1) is 6.97. The summed E-state index contributed by atoms with van der Waals surface area (Å²) >= 11 is 0. The Morgan fingerprint density at radius 2 is 2.07 bits per heavy atom. The molecule has 0 bridgehead atoms. The summed E-state index contributed by atoms with van der Waals surface area (Å²) in [7, 11) is 0. The van der Waals surface area contributed by atoms with E-state index in [0.29, 0.717) is 12.1 Å². The minimum atomic E-state index is -1.58. The summed E-state index contributed by atoms with van der Waals surface area (Å²) in [5.74, 6) is -2.47. The van der Waals surface area contributed by atoms with Crippen LogP contribution in [0.1, 0.15) is 10.4 Å². The predicted molar refractivity (Wildman–Crippen MR) is 47.2 cm³/mol. The number of nitro groups is 1. The molecule has 0 aliphatic heterocycles. The number of benzene rings is 1. The first-order valence-electron chi connectivity index (χ1n) is 3.55. The Labute approximate surface area is 81.9 Å². The van der Waals surface area contributed by atoms with Gasteiger partial charge in [-0.25, -0.2) is 4.79 Å². The number of rotatable bonds is 3. The van der Waals surface area contributed by atoms with Crippen LogP contribution in [0.3, 0.4) is 0 Å². The number of carboxylic acids is 1. The highest BCUT2D eigenvalue weighted by atomic mass is 16.6. The lowest BCUT2D eigenvalue weighted by Gasteiger charge is -2.00. The molecular weight excluding hydrogens is 208 g/mol. The van der Waals surface area contributed by atoms with Gasteiger partial charge in [-0.05, 0) is 5.18 Å². The molecule has 0 fully saturated rings. The molecule has 1 aromatic rings. The van der Waals surface area contributed by atoms with E-state index in [2.05, 4.69) is 5.18 Å². The molecule has 0 amide bonds. The van der Waals surface area contributed by atoms with Gasteiger partial charge in [0.05, 0.1) is 4.92 Å². The fraction of sp³-hybridized carbons (Fsp3) is 0. The van der Waals surface area contributed by atoms with Crippen molar-refractivity contribution in [3.63, 3.8) is 0 Å². The molecule has 0 spiro atoms. The number of phenols is 1. The van der Waals surface area contributed by atoms with Crippen molar-refractivity contribution in [1.82, 2.24) is 0 Å². The zero-order chi connectivity index (χ0) is 11.6. The molecule has 0 saturated heterocycles. The first kappa shape index (κ1) is 10.6. The van der Waals surface area contributed by atoms with E-state index in [4.69, 9.17) is 10.2 Å². The summed E-state index contributed by atoms with van der Waals surface area (Å²) in [5.41, 5.74) is -2.04. The van der Waals surface area contributed by atoms with E-state index in [0.717, 1.165) is 0 Å². The monoisotopic (exact) mass is 212 g/mol. The van der Waals surface area contributed by atoms with Gasteiger partial charge in [-0.15, -0.1) is 4.91 Å². The van der Waals surface area contributed by atoms with Gasteiger partial charge in [-0.3, -0.25) is 10.1 Å². The Bertz CT molecular complexity index is 455. The molecule has 0 aliphatic carbocycles. The zero-order valence-corrected chi connectivity index (χ0v) is 7.08. The number of nitrogens with zero attached hydrogens (tertiary/aromatic N) is 2. The van der Waals surface area contributed by atoms with Crippen LogP contribution in [0, 0.1) is 15.0 Å². The van der Waals surface area contributed by atoms with Crippen LogP contribution in [0.4, 0.5) is 11.4 Å². The third kappa shape index (κ3) is 1.88. The largest absolute Gasteiger partial charge is 0.505 e. The molecule has 0 heterocycles. The van der Waals surface area contributed by atoms with Crippen molar-refractivity contribution in [2.75, 3.05) is 0 Å². The highest BCUT2D eigenvalue weighted by Gasteiger charge is 2.20. The van der Waals surface area contributed by atoms with Gasteiger partial charge >= 0.3 is 5.97 Å². The third-order valence-electron chi connectivity index (χ3n) is 1.61. The average molecular weight is 212 g/mol. The van der Waals surface area contributed by atoms with Crippen LogP contribution in [0.25, 0.3) is 0 Å². The Morgan fingerprint density at radius 3 is 2.47 bits per heavy atom. The molecule has 0 saturated carbocycles. The van der Waals surface area contributed by atoms with E-state index in [1.807, 2.05) is 0 Å². The van der Waals surface area contributed by atoms with Gasteiger partial charge in [-0.2, -0.15) is 0 Å². The van der Waals surface area contributed by atoms with Crippen LogP contribution in [0.5, 0.6) is 5.75 Å². The summed E-state index contributed by atoms with van der Waals surface area (Å²) in [5, 5.41) is 30.4. The molecule has 8 nitrogen and oxygen atoms in total. The Morgan fingerprint density at radius 1 is 1.47 bits per heavy atom. The molecule has 0 radical (unpaired) electrons. The van der Waals surface area contributed by atoms with Crippen LogP contribution in [0.2, 0.25) is 0 Å². The summed E-state index contributed by atoms with van der Waals surface area (Å²) < 4.78 is 0. The number of aromatic carboxylic acids is 1. The van der Waals surface area contributed by atoms with E-state index in [1.165, 1.54) is 0 Å². The van der Waals surface area contributed by atoms with Crippen molar-refractivity contribution in [2.24, 2.45) is 5.18 Å². The number of aromatic hydroxyl groups is 1. The number of hydrogen-bond donors (Lipinski definition) is 2. The van der Waals surface area contributed by atoms with Crippen molar-refractivity contribution < 1.29 is 19.9 Å². The molecule has 8 heteroatoms. The molecule has 78 valence electrons. The maximum Gasteiger partial charge on any atom is 0.339 e. The van der Waals surface area contributed by atoms with Crippen LogP contribution in [-0.4, -0.2) is 21.1 Å². The van der Waals surface area contributed by atoms with Gasteiger partial charge in [-0.1, -0.05) is 0 Å². The molecule has 15 heavy (non-hydrogen) atoms. The van der Waals surface area contributed by atoms with Crippen molar-refractivity contribution in [3.05, 3.63) is 32.7 Å². The fourth-order valence-electron chi connectivity index (χ4n) is 0.942. The summed E-state index contributed by atoms with van der Waals surface area (Å²) in [6, 6.07) is 1.33. The van der Waals surface area contributed by atoms with Crippen molar-refractivity contribution in [1.29, 1.82) is 0 Å². The molecule has 0 aliphatic rings. The smallest absolute Gasteiger partial charge is 0.339 e. The number of non-ortho nitro benzene ring substituents is 1. The number of nitro benzene ring substituents is 1. The maximum absolute atomic E-state index is 10.5. The zero-order valence-electron chi connectivity index (χ0n) is 7.08. The van der Waals surface area contributed by atoms with Gasteiger partial charge in [0.1, 0.15) is 5.56 Å². The Kier molecular flexibility index (Phi) is 2.61. The van der Waals surface area contributed by atoms with Gasteiger partial charge < -0.3 is 10.2 Å². The van der Waals surface area contributed by atoms with E-state index in [-0.39, 0.29) is 0 Å². The lowest BCUT2D eigenvalue weighted by molar-refractivity contribution is -0.384. The molecule has 1 rings (SSSR count). The fourth-order valence-corrected chi connectivity index (χ4v) is 0.942. The highest BCUT2D eigenvalue weighted by Crippen LogP contribution is 2.34. The molecule has 1 aromatic carbocycles. The van der Waals surface area contributed by atoms with Gasteiger partial charge in [0, 0.05) is 12.1 Å². The highest BCUT2D eigenvalue weighted by molar-refractivity contribution is 5.93. The standard InChI is InChI=1S/C7H4N2O6/c10-6-4(7(11)12)1-3(9(14)15)2-5(6)8-13/h1-2,10H,(H,11,12). The van der Waals surface area contributed by atoms with Crippen LogP contribution < -0.4 is 0 Å². The van der Waals surface area contributed by atoms with Crippen molar-refractivity contribution in [3.8, 4) is 5.75 Å². The Balaban J connectivity index is 3.51. The summed E-state index contributed by atoms with van der Waals surface area (Å²) in [4.78, 5) is 30.1. The van der Waals surface area contributed by atoms with E-state index < -0.39 is 33.6 Å². The van der Waals surface area contributed by atoms with Crippen molar-refractivity contribution >= 4 is 17.3 Å². The number of hydrogen-bond acceptors (Lipinski definition) is 6. The lowest BCUT2D eigenvalue weighted by atomic mass is 10.1. The molecule has 0 aromatic heterocycles. The third-order valence-corrected chi connectivity index (χ3v) is 1.61. The van der Waals surface area contributed by atoms with Gasteiger partial charge in [0.25, 0.3) is 5.69 Å². The number of carbonyl (C=O) groups is 1. The quantitative estimate of drug-likeness (QED) is 0.442. The normalized spacial score (nSPS) is 9.60. The minimum absolute atomic E-state index is 0.625. The van der Waals surface area contributed by atoms with Crippen LogP contribution in [0.15, 0.2) is 17.3 Å². The Hall–Kier alpha value is -2.51. The van der Waals surface area contributed by atoms with Gasteiger partial charge in [0.15, 0.2) is 11.4 Å². The number of carboxylic acid groups (broad SMARTS) is 1. The van der Waals surface area contributed by atoms with Crippen molar-refractivity contribution in [2.45, 2.75) is 0 Å². The molecule has 0 unspecified atom stereocenters. The summed E-state index contributed by atoms with van der Waals surface area (Å²) in [6.45, 7) is 0. The van der Waals surface area contributed by atoms with E-state index >= 15 is 0 Å². The second kappa shape index (κ2) is 3.70. The summed E-state index contributed by atoms with van der Waals surface area (Å²) in [6.07, 6.45) is 0. The van der Waals surface area contributed by atoms with Crippen LogP contribution in [-0.2, 0) is 0 Å². The predicted octanol–water partition coefficient (Wildman–Crippen LogP) is 1.40. The molecular formula is C7H4N2O6. The molecule has 0 atom stereocenters. The van der Waals surface area contributed by atoms with E-state index in [9.17, 15) is 19.8 Å². The van der Waals surface area contributed by atoms with Crippen LogP contribution >= 0.6 is 0 Å². The van der Waals surface area contributed by atoms with Gasteiger partial charge in [0.2, 0.25) is 0 Å². The maximum atomic E-state index is 10.5. The number of nitroso groups, excluding NO2 is 1. The minimum Gasteiger partial charge on any atom is -0.505 e.